The van der Waals surface area contributed by atoms with Gasteiger partial charge in [0.15, 0.2) is 0 Å². The van der Waals surface area contributed by atoms with Crippen LogP contribution in [0.1, 0.15) is 36.3 Å². The summed E-state index contributed by atoms with van der Waals surface area (Å²) in [5.41, 5.74) is 1.76. The number of aliphatic carboxylic acids is 1. The fraction of sp³-hybridized carbons (Fsp3) is 0.462. The molecule has 1 aliphatic rings. The summed E-state index contributed by atoms with van der Waals surface area (Å²) in [6, 6.07) is 3.70. The summed E-state index contributed by atoms with van der Waals surface area (Å²) in [6.45, 7) is 1.92. The third-order valence-electron chi connectivity index (χ3n) is 3.34. The minimum Gasteiger partial charge on any atom is -0.506 e. The molecule has 1 fully saturated rings. The van der Waals surface area contributed by atoms with Crippen LogP contribution in [0.15, 0.2) is 16.6 Å². The molecule has 4 heteroatoms. The van der Waals surface area contributed by atoms with E-state index >= 15 is 0 Å². The van der Waals surface area contributed by atoms with Gasteiger partial charge in [0.25, 0.3) is 0 Å². The van der Waals surface area contributed by atoms with Crippen molar-refractivity contribution < 1.29 is 15.0 Å². The van der Waals surface area contributed by atoms with E-state index < -0.39 is 5.97 Å². The van der Waals surface area contributed by atoms with Crippen molar-refractivity contribution in [2.75, 3.05) is 0 Å². The van der Waals surface area contributed by atoms with Crippen molar-refractivity contribution in [2.24, 2.45) is 5.92 Å². The maximum Gasteiger partial charge on any atom is 0.303 e. The van der Waals surface area contributed by atoms with E-state index in [9.17, 15) is 9.90 Å². The number of carbonyl (C=O) groups is 1. The Hall–Kier alpha value is -1.03. The fourth-order valence-corrected chi connectivity index (χ4v) is 2.69. The van der Waals surface area contributed by atoms with Gasteiger partial charge in [-0.15, -0.1) is 0 Å². The van der Waals surface area contributed by atoms with E-state index in [0.717, 1.165) is 24.0 Å². The van der Waals surface area contributed by atoms with Gasteiger partial charge in [-0.05, 0) is 53.2 Å². The summed E-state index contributed by atoms with van der Waals surface area (Å²) in [4.78, 5) is 10.9. The molecule has 92 valence electrons. The van der Waals surface area contributed by atoms with E-state index in [1.54, 1.807) is 6.07 Å². The van der Waals surface area contributed by atoms with Gasteiger partial charge in [0.05, 0.1) is 10.9 Å². The molecule has 0 spiro atoms. The number of phenols is 1. The number of aromatic hydroxyl groups is 1. The van der Waals surface area contributed by atoms with Crippen LogP contribution in [0, 0.1) is 12.8 Å². The predicted molar refractivity (Wildman–Crippen MR) is 68.3 cm³/mol. The second kappa shape index (κ2) is 4.69. The number of benzene rings is 1. The van der Waals surface area contributed by atoms with Gasteiger partial charge in [-0.2, -0.15) is 0 Å². The van der Waals surface area contributed by atoms with Crippen LogP contribution in [0.2, 0.25) is 0 Å². The van der Waals surface area contributed by atoms with Gasteiger partial charge in [-0.1, -0.05) is 6.07 Å². The first-order valence-corrected chi connectivity index (χ1v) is 6.49. The molecule has 0 saturated heterocycles. The van der Waals surface area contributed by atoms with Gasteiger partial charge >= 0.3 is 5.97 Å². The standard InChI is InChI=1S/C13H15BrO3/c1-7-2-5-10(14)13(17)12(7)9(6-11(15)16)8-3-4-8/h2,5,8-9,17H,3-4,6H2,1H3,(H,15,16). The molecule has 1 saturated carbocycles. The minimum atomic E-state index is -0.805. The number of rotatable bonds is 4. The number of halogens is 1. The number of phenolic OH excluding ortho intramolecular Hbond substituents is 1. The Kier molecular flexibility index (Phi) is 3.43. The van der Waals surface area contributed by atoms with Gasteiger partial charge in [0, 0.05) is 11.5 Å². The molecule has 0 heterocycles. The lowest BCUT2D eigenvalue weighted by Crippen LogP contribution is -2.10. The first-order valence-electron chi connectivity index (χ1n) is 5.70. The van der Waals surface area contributed by atoms with Crippen LogP contribution in [-0.4, -0.2) is 16.2 Å². The van der Waals surface area contributed by atoms with Crippen LogP contribution < -0.4 is 0 Å². The van der Waals surface area contributed by atoms with E-state index in [-0.39, 0.29) is 18.1 Å². The summed E-state index contributed by atoms with van der Waals surface area (Å²) >= 11 is 3.29. The third kappa shape index (κ3) is 2.63. The van der Waals surface area contributed by atoms with Crippen molar-refractivity contribution in [3.8, 4) is 5.75 Å². The van der Waals surface area contributed by atoms with Gasteiger partial charge < -0.3 is 10.2 Å². The molecule has 1 aromatic carbocycles. The minimum absolute atomic E-state index is 0.0648. The SMILES string of the molecule is Cc1ccc(Br)c(O)c1C(CC(=O)O)C1CC1. The molecule has 0 bridgehead atoms. The number of carboxylic acids is 1. The highest BCUT2D eigenvalue weighted by atomic mass is 79.9. The smallest absolute Gasteiger partial charge is 0.303 e. The maximum atomic E-state index is 10.9. The van der Waals surface area contributed by atoms with Gasteiger partial charge in [-0.3, -0.25) is 4.79 Å². The number of aryl methyl sites for hydroxylation is 1. The molecule has 0 amide bonds. The van der Waals surface area contributed by atoms with Crippen molar-refractivity contribution in [1.82, 2.24) is 0 Å². The summed E-state index contributed by atoms with van der Waals surface area (Å²) in [5, 5.41) is 19.1. The average molecular weight is 299 g/mol. The topological polar surface area (TPSA) is 57.5 Å². The Bertz CT molecular complexity index is 452. The van der Waals surface area contributed by atoms with Crippen LogP contribution in [0.5, 0.6) is 5.75 Å². The predicted octanol–water partition coefficient (Wildman–Crippen LogP) is 3.43. The molecule has 1 atom stereocenters. The number of carboxylic acid groups (broad SMARTS) is 1. The molecule has 0 aromatic heterocycles. The Balaban J connectivity index is 2.41. The Labute approximate surface area is 109 Å². The van der Waals surface area contributed by atoms with Gasteiger partial charge in [0.1, 0.15) is 5.75 Å². The number of hydrogen-bond acceptors (Lipinski definition) is 2. The Morgan fingerprint density at radius 3 is 2.71 bits per heavy atom. The van der Waals surface area contributed by atoms with Crippen molar-refractivity contribution in [1.29, 1.82) is 0 Å². The zero-order chi connectivity index (χ0) is 12.6. The number of hydrogen-bond donors (Lipinski definition) is 2. The van der Waals surface area contributed by atoms with Gasteiger partial charge in [-0.25, -0.2) is 0 Å². The second-order valence-corrected chi connectivity index (χ2v) is 5.52. The zero-order valence-electron chi connectivity index (χ0n) is 9.61. The van der Waals surface area contributed by atoms with Crippen LogP contribution in [0.4, 0.5) is 0 Å². The van der Waals surface area contributed by atoms with E-state index in [2.05, 4.69) is 15.9 Å². The summed E-state index contributed by atoms with van der Waals surface area (Å²) < 4.78 is 0.633. The quantitative estimate of drug-likeness (QED) is 0.895. The van der Waals surface area contributed by atoms with Crippen molar-refractivity contribution in [3.05, 3.63) is 27.7 Å². The molecule has 1 aromatic rings. The molecule has 1 unspecified atom stereocenters. The van der Waals surface area contributed by atoms with E-state index in [0.29, 0.717) is 10.4 Å². The normalized spacial score (nSPS) is 16.8. The van der Waals surface area contributed by atoms with Crippen LogP contribution in [-0.2, 0) is 4.79 Å². The van der Waals surface area contributed by atoms with Crippen LogP contribution in [0.3, 0.4) is 0 Å². The molecule has 3 nitrogen and oxygen atoms in total. The summed E-state index contributed by atoms with van der Waals surface area (Å²) in [7, 11) is 0. The van der Waals surface area contributed by atoms with E-state index in [1.165, 1.54) is 0 Å². The van der Waals surface area contributed by atoms with Crippen molar-refractivity contribution in [3.63, 3.8) is 0 Å². The fourth-order valence-electron chi connectivity index (χ4n) is 2.34. The monoisotopic (exact) mass is 298 g/mol. The molecule has 1 aliphatic carbocycles. The van der Waals surface area contributed by atoms with E-state index in [1.807, 2.05) is 13.0 Å². The first-order chi connectivity index (χ1) is 8.00. The molecule has 17 heavy (non-hydrogen) atoms. The maximum absolute atomic E-state index is 10.9. The highest BCUT2D eigenvalue weighted by Gasteiger charge is 2.36. The summed E-state index contributed by atoms with van der Waals surface area (Å²) in [6.07, 6.45) is 2.21. The van der Waals surface area contributed by atoms with Gasteiger partial charge in [0.2, 0.25) is 0 Å². The lowest BCUT2D eigenvalue weighted by Gasteiger charge is -2.19. The molecule has 0 aliphatic heterocycles. The van der Waals surface area contributed by atoms with E-state index in [4.69, 9.17) is 5.11 Å². The molecule has 2 N–H and O–H groups in total. The second-order valence-electron chi connectivity index (χ2n) is 4.67. The lowest BCUT2D eigenvalue weighted by atomic mass is 9.87. The van der Waals surface area contributed by atoms with Crippen LogP contribution >= 0.6 is 15.9 Å². The van der Waals surface area contributed by atoms with Crippen molar-refractivity contribution in [2.45, 2.75) is 32.1 Å². The molecule has 0 radical (unpaired) electrons. The lowest BCUT2D eigenvalue weighted by molar-refractivity contribution is -0.137. The Morgan fingerprint density at radius 2 is 2.18 bits per heavy atom. The third-order valence-corrected chi connectivity index (χ3v) is 3.98. The highest BCUT2D eigenvalue weighted by Crippen LogP contribution is 2.49. The first kappa shape index (κ1) is 12.4. The van der Waals surface area contributed by atoms with Crippen LogP contribution in [0.25, 0.3) is 0 Å². The van der Waals surface area contributed by atoms with Crippen molar-refractivity contribution >= 4 is 21.9 Å². The zero-order valence-corrected chi connectivity index (χ0v) is 11.2. The molecule has 2 rings (SSSR count). The Morgan fingerprint density at radius 1 is 1.53 bits per heavy atom. The molecular formula is C13H15BrO3. The molecular weight excluding hydrogens is 284 g/mol. The largest absolute Gasteiger partial charge is 0.506 e. The summed E-state index contributed by atoms with van der Waals surface area (Å²) in [5.74, 6) is -0.265. The average Bonchev–Trinajstić information content (AvgIpc) is 3.06. The highest BCUT2D eigenvalue weighted by molar-refractivity contribution is 9.10.